The molecule has 0 saturated carbocycles. The fraction of sp³-hybridized carbons (Fsp3) is 0.500. The second-order valence-electron chi connectivity index (χ2n) is 11.1. The molecular weight excluding hydrogens is 566 g/mol. The highest BCUT2D eigenvalue weighted by atomic mass is 16.6. The van der Waals surface area contributed by atoms with E-state index >= 15 is 0 Å². The van der Waals surface area contributed by atoms with E-state index in [0.717, 1.165) is 24.1 Å². The summed E-state index contributed by atoms with van der Waals surface area (Å²) >= 11 is 0. The number of hydrogen-bond donors (Lipinski definition) is 3. The number of aliphatic hydroxyl groups is 2. The normalized spacial score (nSPS) is 28.4. The highest BCUT2D eigenvalue weighted by molar-refractivity contribution is 5.87. The van der Waals surface area contributed by atoms with Crippen LogP contribution in [0.2, 0.25) is 0 Å². The van der Waals surface area contributed by atoms with Gasteiger partial charge in [0, 0.05) is 24.1 Å². The Bertz CT molecular complexity index is 1440. The van der Waals surface area contributed by atoms with E-state index in [1.807, 2.05) is 13.1 Å². The fourth-order valence-electron chi connectivity index (χ4n) is 6.79. The van der Waals surface area contributed by atoms with Crippen LogP contribution in [0.25, 0.3) is 0 Å². The lowest BCUT2D eigenvalue weighted by Gasteiger charge is -2.61. The number of carboxylic acids is 1. The van der Waals surface area contributed by atoms with Gasteiger partial charge in [0.05, 0.1) is 24.5 Å². The van der Waals surface area contributed by atoms with Gasteiger partial charge >= 0.3 is 23.9 Å². The topological polar surface area (TPSA) is 178 Å². The van der Waals surface area contributed by atoms with E-state index in [2.05, 4.69) is 17.2 Å². The number of rotatable bonds is 10. The second kappa shape index (κ2) is 11.2. The Labute approximate surface area is 246 Å². The van der Waals surface area contributed by atoms with Crippen LogP contribution >= 0.6 is 0 Å². The Morgan fingerprint density at radius 3 is 2.65 bits per heavy atom. The summed E-state index contributed by atoms with van der Waals surface area (Å²) in [4.78, 5) is 51.7. The van der Waals surface area contributed by atoms with Crippen LogP contribution in [0.3, 0.4) is 0 Å². The smallest absolute Gasteiger partial charge is 0.349 e. The SMILES string of the molecule is C=C=CC(OC(=O)[C@H](CC(=O)OC1=CC[C@@]2(O)[C@H]3Cc4ccc(OC)c5c4[C@@]2(CCN3C)[C@H]1O5)OC(=O)[C@H](C)O)C(=O)O. The number of carbonyl (C=O) groups excluding carboxylic acids is 3. The summed E-state index contributed by atoms with van der Waals surface area (Å²) in [5.41, 5.74) is 1.83. The maximum atomic E-state index is 13.3. The van der Waals surface area contributed by atoms with Crippen LogP contribution in [0.15, 0.2) is 42.4 Å². The maximum absolute atomic E-state index is 13.3. The molecule has 0 amide bonds. The number of carboxylic acid groups (broad SMARTS) is 1. The molecule has 0 radical (unpaired) electrons. The van der Waals surface area contributed by atoms with Gasteiger partial charge in [-0.2, -0.15) is 0 Å². The minimum absolute atomic E-state index is 0.107. The molecule has 230 valence electrons. The van der Waals surface area contributed by atoms with Gasteiger partial charge in [0.15, 0.2) is 17.6 Å². The summed E-state index contributed by atoms with van der Waals surface area (Å²) in [5.74, 6) is -4.12. The van der Waals surface area contributed by atoms with Gasteiger partial charge in [0.1, 0.15) is 11.9 Å². The summed E-state index contributed by atoms with van der Waals surface area (Å²) in [5, 5.41) is 31.2. The van der Waals surface area contributed by atoms with Crippen LogP contribution in [0.1, 0.15) is 37.3 Å². The number of methoxy groups -OCH3 is 1. The lowest BCUT2D eigenvalue weighted by Crippen LogP contribution is -2.74. The highest BCUT2D eigenvalue weighted by Crippen LogP contribution is 2.65. The number of ether oxygens (including phenoxy) is 5. The lowest BCUT2D eigenvalue weighted by atomic mass is 9.50. The first-order valence-corrected chi connectivity index (χ1v) is 13.8. The van der Waals surface area contributed by atoms with Gasteiger partial charge in [-0.3, -0.25) is 4.79 Å². The van der Waals surface area contributed by atoms with Crippen molar-refractivity contribution in [3.05, 3.63) is 53.5 Å². The molecule has 1 aromatic carbocycles. The third-order valence-corrected chi connectivity index (χ3v) is 8.76. The van der Waals surface area contributed by atoms with E-state index in [1.165, 1.54) is 7.11 Å². The van der Waals surface area contributed by atoms with Crippen molar-refractivity contribution in [2.75, 3.05) is 20.7 Å². The van der Waals surface area contributed by atoms with Crippen molar-refractivity contribution in [3.63, 3.8) is 0 Å². The molecule has 3 N–H and O–H groups in total. The molecule has 13 heteroatoms. The number of aliphatic carboxylic acids is 1. The fourth-order valence-corrected chi connectivity index (χ4v) is 6.79. The predicted molar refractivity (Wildman–Crippen MR) is 145 cm³/mol. The molecule has 4 aliphatic rings. The van der Waals surface area contributed by atoms with Crippen molar-refractivity contribution in [1.82, 2.24) is 4.90 Å². The van der Waals surface area contributed by atoms with E-state index < -0.39 is 65.7 Å². The van der Waals surface area contributed by atoms with Crippen LogP contribution in [0.4, 0.5) is 0 Å². The second-order valence-corrected chi connectivity index (χ2v) is 11.1. The largest absolute Gasteiger partial charge is 0.493 e. The molecule has 2 aliphatic heterocycles. The molecule has 7 atom stereocenters. The number of likely N-dealkylation sites (tertiary alicyclic amines) is 1. The van der Waals surface area contributed by atoms with Crippen LogP contribution in [-0.2, 0) is 45.2 Å². The minimum Gasteiger partial charge on any atom is -0.493 e. The monoisotopic (exact) mass is 599 g/mol. The van der Waals surface area contributed by atoms with Crippen molar-refractivity contribution in [2.24, 2.45) is 0 Å². The number of esters is 3. The van der Waals surface area contributed by atoms with Gasteiger partial charge in [-0.1, -0.05) is 12.6 Å². The van der Waals surface area contributed by atoms with Gasteiger partial charge < -0.3 is 43.9 Å². The molecule has 1 saturated heterocycles. The summed E-state index contributed by atoms with van der Waals surface area (Å²) in [6.45, 7) is 4.98. The molecule has 2 aliphatic carbocycles. The molecule has 2 heterocycles. The van der Waals surface area contributed by atoms with Gasteiger partial charge in [-0.25, -0.2) is 14.4 Å². The molecule has 1 fully saturated rings. The lowest BCUT2D eigenvalue weighted by molar-refractivity contribution is -0.181. The Morgan fingerprint density at radius 2 is 2.00 bits per heavy atom. The Kier molecular flexibility index (Phi) is 7.86. The van der Waals surface area contributed by atoms with Crippen LogP contribution in [0, 0.1) is 0 Å². The average molecular weight is 600 g/mol. The summed E-state index contributed by atoms with van der Waals surface area (Å²) in [7, 11) is 3.47. The van der Waals surface area contributed by atoms with Crippen molar-refractivity contribution in [1.29, 1.82) is 0 Å². The van der Waals surface area contributed by atoms with Gasteiger partial charge in [-0.05, 0) is 51.1 Å². The molecule has 1 spiro atoms. The Balaban J connectivity index is 1.43. The van der Waals surface area contributed by atoms with E-state index in [9.17, 15) is 34.5 Å². The molecular formula is C30H33NO12. The van der Waals surface area contributed by atoms with E-state index in [4.69, 9.17) is 23.7 Å². The van der Waals surface area contributed by atoms with Crippen molar-refractivity contribution in [3.8, 4) is 11.5 Å². The first-order valence-electron chi connectivity index (χ1n) is 13.8. The van der Waals surface area contributed by atoms with Crippen LogP contribution in [-0.4, -0.2) is 101 Å². The summed E-state index contributed by atoms with van der Waals surface area (Å²) in [6.07, 6.45) is -3.49. The van der Waals surface area contributed by atoms with Crippen molar-refractivity contribution in [2.45, 2.75) is 74.1 Å². The standard InChI is InChI=1S/C30H33NO12/c1-5-6-19(26(34)35)41-28(37)20(42-27(36)15(2)32)14-22(33)40-18-9-10-30(38)21-13-16-7-8-17(39-4)24-23(16)29(30,25(18)43-24)11-12-31(21)3/h6-9,15,19-21,25,32,38H,1,10-14H2,2-4H3,(H,34,35)/t15-,19?,20-,21+,25-,29-,30+/m0/s1. The van der Waals surface area contributed by atoms with Crippen molar-refractivity contribution >= 4 is 23.9 Å². The van der Waals surface area contributed by atoms with E-state index in [-0.39, 0.29) is 18.2 Å². The molecule has 1 unspecified atom stereocenters. The third kappa shape index (κ3) is 4.78. The maximum Gasteiger partial charge on any atom is 0.349 e. The molecule has 5 rings (SSSR count). The molecule has 13 nitrogen and oxygen atoms in total. The van der Waals surface area contributed by atoms with E-state index in [0.29, 0.717) is 30.9 Å². The molecule has 43 heavy (non-hydrogen) atoms. The third-order valence-electron chi connectivity index (χ3n) is 8.76. The zero-order valence-electron chi connectivity index (χ0n) is 23.9. The predicted octanol–water partition coefficient (Wildman–Crippen LogP) is 0.536. The van der Waals surface area contributed by atoms with Crippen LogP contribution in [0.5, 0.6) is 11.5 Å². The quantitative estimate of drug-likeness (QED) is 0.193. The Hall–Kier alpha value is -4.16. The summed E-state index contributed by atoms with van der Waals surface area (Å²) < 4.78 is 27.6. The molecule has 0 aromatic heterocycles. The van der Waals surface area contributed by atoms with Crippen molar-refractivity contribution < 1.29 is 58.2 Å². The number of benzene rings is 1. The van der Waals surface area contributed by atoms with Gasteiger partial charge in [0.2, 0.25) is 12.2 Å². The van der Waals surface area contributed by atoms with Gasteiger partial charge in [-0.15, -0.1) is 5.73 Å². The molecule has 1 aromatic rings. The molecule has 2 bridgehead atoms. The number of carbonyl (C=O) groups is 4. The number of likely N-dealkylation sites (N-methyl/N-ethyl adjacent to an activating group) is 1. The zero-order chi connectivity index (χ0) is 31.3. The van der Waals surface area contributed by atoms with Crippen LogP contribution < -0.4 is 9.47 Å². The number of hydrogen-bond acceptors (Lipinski definition) is 12. The highest BCUT2D eigenvalue weighted by Gasteiger charge is 2.72. The first-order chi connectivity index (χ1) is 20.4. The zero-order valence-corrected chi connectivity index (χ0v) is 23.9. The minimum atomic E-state index is -1.94. The Morgan fingerprint density at radius 1 is 1.26 bits per heavy atom. The number of nitrogens with zero attached hydrogens (tertiary/aromatic N) is 1. The summed E-state index contributed by atoms with van der Waals surface area (Å²) in [6, 6.07) is 3.54. The van der Waals surface area contributed by atoms with Gasteiger partial charge in [0.25, 0.3) is 0 Å². The van der Waals surface area contributed by atoms with E-state index in [1.54, 1.807) is 12.1 Å². The number of aliphatic hydroxyl groups excluding tert-OH is 1. The number of piperidine rings is 1. The average Bonchev–Trinajstić information content (AvgIpc) is 3.31. The first kappa shape index (κ1) is 30.3.